The predicted octanol–water partition coefficient (Wildman–Crippen LogP) is 29.5. The first-order chi connectivity index (χ1) is 59.1. The first-order valence-electron chi connectivity index (χ1n) is 42.1. The minimum absolute atomic E-state index is 0.262. The molecule has 0 saturated carbocycles. The second kappa shape index (κ2) is 26.3. The summed E-state index contributed by atoms with van der Waals surface area (Å²) in [5.41, 5.74) is 39.2. The van der Waals surface area contributed by atoms with E-state index in [0.717, 1.165) is 17.1 Å². The molecule has 120 heavy (non-hydrogen) atoms. The summed E-state index contributed by atoms with van der Waals surface area (Å²) in [6, 6.07) is 158. The van der Waals surface area contributed by atoms with E-state index in [1.807, 2.05) is 0 Å². The molecule has 18 aromatic carbocycles. The molecule has 0 N–H and O–H groups in total. The van der Waals surface area contributed by atoms with Crippen LogP contribution in [0.15, 0.2) is 425 Å². The van der Waals surface area contributed by atoms with Gasteiger partial charge in [0.1, 0.15) is 0 Å². The minimum atomic E-state index is -0.521. The zero-order valence-electron chi connectivity index (χ0n) is 67.2. The number of rotatable bonds is 8. The number of benzene rings is 18. The predicted molar refractivity (Wildman–Crippen MR) is 500 cm³/mol. The number of para-hydroxylation sites is 10. The molecule has 21 aromatic rings. The van der Waals surface area contributed by atoms with E-state index in [0.29, 0.717) is 0 Å². The van der Waals surface area contributed by atoms with Crippen molar-refractivity contribution in [1.82, 2.24) is 13.7 Å². The third kappa shape index (κ3) is 9.70. The van der Waals surface area contributed by atoms with E-state index in [2.05, 4.69) is 471 Å². The quantitative estimate of drug-likeness (QED) is 0.148. The van der Waals surface area contributed by atoms with Crippen LogP contribution in [0.25, 0.3) is 127 Å². The Labute approximate surface area is 698 Å². The molecule has 5 heterocycles. The van der Waals surface area contributed by atoms with Crippen molar-refractivity contribution >= 4 is 82.5 Å². The average molecular weight is 1530 g/mol. The van der Waals surface area contributed by atoms with Crippen LogP contribution in [0.3, 0.4) is 0 Å². The van der Waals surface area contributed by atoms with Crippen molar-refractivity contribution in [3.05, 3.63) is 491 Å². The van der Waals surface area contributed by atoms with Crippen LogP contribution in [0.4, 0.5) is 17.1 Å². The lowest BCUT2D eigenvalue weighted by atomic mass is 9.52. The molecule has 25 rings (SSSR count). The molecule has 2 atom stereocenters. The van der Waals surface area contributed by atoms with Crippen LogP contribution in [-0.2, 0) is 21.7 Å². The largest absolute Gasteiger partial charge is 0.311 e. The smallest absolute Gasteiger partial charge is 0.0748 e. The summed E-state index contributed by atoms with van der Waals surface area (Å²) in [6.45, 7) is 9.72. The fraction of sp³-hybridized carbons (Fsp3) is 0.0690. The van der Waals surface area contributed by atoms with Crippen molar-refractivity contribution < 1.29 is 0 Å². The molecule has 2 spiro atoms. The topological polar surface area (TPSA) is 18.0 Å². The fourth-order valence-electron chi connectivity index (χ4n) is 22.5. The van der Waals surface area contributed by atoms with Crippen molar-refractivity contribution in [3.63, 3.8) is 0 Å². The van der Waals surface area contributed by atoms with Crippen LogP contribution in [0, 0.1) is 0 Å². The van der Waals surface area contributed by atoms with Crippen molar-refractivity contribution in [1.29, 1.82) is 0 Å². The minimum Gasteiger partial charge on any atom is -0.311 e. The van der Waals surface area contributed by atoms with Crippen LogP contribution < -0.4 is 4.90 Å². The summed E-state index contributed by atoms with van der Waals surface area (Å²) in [5.74, 6) is 0. The zero-order chi connectivity index (χ0) is 79.7. The Morgan fingerprint density at radius 1 is 0.192 bits per heavy atom. The van der Waals surface area contributed by atoms with Gasteiger partial charge in [0.15, 0.2) is 0 Å². The van der Waals surface area contributed by atoms with Gasteiger partial charge in [-0.05, 0) is 196 Å². The third-order valence-corrected chi connectivity index (χ3v) is 27.4. The molecule has 2 aliphatic carbocycles. The standard InChI is InChI=1S/C58H40N2.C58H42N2/c1-57(2)46-20-6-7-21-47(46)58(48-22-8-12-28-54(48)60-53-27-11-5-17-44(53)45-19-14-24-50(58)56(45)60)49-23-13-18-41(55(49)57)39-31-29-37(30-32-39)38-33-35-40(36-34-38)59-51-25-9-3-15-42(51)43-16-4-10-26-52(43)59;1-57(2)48-24-10-11-25-49(48)58(50-26-12-14-30-54(50)60-53-29-13-9-21-46(53)47-23-16-28-52(58)56(47)60)51-27-15-22-45(55(51)57)41-33-31-39(32-34-41)40-35-37-44(38-36-40)59(42-17-5-3-6-18-42)43-19-7-4-8-20-43/h3-36H,1-2H3;3-38H,1-2H3. The Kier molecular flexibility index (Phi) is 15.2. The Bertz CT molecular complexity index is 7650. The van der Waals surface area contributed by atoms with Crippen LogP contribution in [0.1, 0.15) is 94.5 Å². The molecule has 3 aromatic heterocycles. The number of aromatic nitrogens is 3. The Hall–Kier alpha value is -14.8. The monoisotopic (exact) mass is 1530 g/mol. The van der Waals surface area contributed by atoms with Gasteiger partial charge in [0.05, 0.1) is 55.3 Å². The average Bonchev–Trinajstić information content (AvgIpc) is 1.13. The summed E-state index contributed by atoms with van der Waals surface area (Å²) < 4.78 is 7.44. The van der Waals surface area contributed by atoms with Gasteiger partial charge in [-0.15, -0.1) is 0 Å². The molecule has 0 bridgehead atoms. The van der Waals surface area contributed by atoms with Gasteiger partial charge < -0.3 is 18.6 Å². The van der Waals surface area contributed by atoms with E-state index in [4.69, 9.17) is 0 Å². The Morgan fingerprint density at radius 3 is 0.875 bits per heavy atom. The highest BCUT2D eigenvalue weighted by atomic mass is 15.1. The highest BCUT2D eigenvalue weighted by Crippen LogP contribution is 2.64. The van der Waals surface area contributed by atoms with E-state index in [-0.39, 0.29) is 10.8 Å². The highest BCUT2D eigenvalue weighted by Gasteiger charge is 2.55. The molecule has 566 valence electrons. The lowest BCUT2D eigenvalue weighted by Gasteiger charge is -2.50. The molecule has 0 fully saturated rings. The second-order valence-electron chi connectivity index (χ2n) is 34.1. The van der Waals surface area contributed by atoms with Crippen molar-refractivity contribution in [2.75, 3.05) is 4.90 Å². The number of hydrogen-bond acceptors (Lipinski definition) is 1. The molecular weight excluding hydrogens is 1450 g/mol. The van der Waals surface area contributed by atoms with Crippen LogP contribution in [0.5, 0.6) is 0 Å². The third-order valence-electron chi connectivity index (χ3n) is 27.4. The zero-order valence-corrected chi connectivity index (χ0v) is 67.2. The summed E-state index contributed by atoms with van der Waals surface area (Å²) in [5, 5.41) is 7.74. The summed E-state index contributed by atoms with van der Waals surface area (Å²) in [7, 11) is 0. The summed E-state index contributed by atoms with van der Waals surface area (Å²) >= 11 is 0. The number of anilines is 3. The molecule has 4 aliphatic rings. The van der Waals surface area contributed by atoms with E-state index in [1.165, 1.54) is 194 Å². The van der Waals surface area contributed by atoms with Gasteiger partial charge in [0.2, 0.25) is 0 Å². The number of hydrogen-bond donors (Lipinski definition) is 0. The van der Waals surface area contributed by atoms with Gasteiger partial charge in [0, 0.05) is 65.9 Å². The number of fused-ring (bicyclic) bond motifs is 25. The van der Waals surface area contributed by atoms with Gasteiger partial charge >= 0.3 is 0 Å². The van der Waals surface area contributed by atoms with Gasteiger partial charge in [-0.3, -0.25) is 0 Å². The van der Waals surface area contributed by atoms with Gasteiger partial charge in [-0.25, -0.2) is 0 Å². The van der Waals surface area contributed by atoms with Crippen molar-refractivity contribution in [2.24, 2.45) is 0 Å². The van der Waals surface area contributed by atoms with E-state index in [1.54, 1.807) is 0 Å². The molecule has 4 heteroatoms. The van der Waals surface area contributed by atoms with Crippen LogP contribution in [0.2, 0.25) is 0 Å². The molecule has 0 saturated heterocycles. The van der Waals surface area contributed by atoms with Gasteiger partial charge in [-0.1, -0.05) is 367 Å². The molecule has 2 unspecified atom stereocenters. The first-order valence-corrected chi connectivity index (χ1v) is 42.1. The molecule has 0 amide bonds. The second-order valence-corrected chi connectivity index (χ2v) is 34.1. The number of nitrogens with zero attached hydrogens (tertiary/aromatic N) is 4. The lowest BCUT2D eigenvalue weighted by molar-refractivity contribution is 0.557. The maximum absolute atomic E-state index is 2.53. The normalized spacial score (nSPS) is 15.9. The van der Waals surface area contributed by atoms with Crippen molar-refractivity contribution in [2.45, 2.75) is 49.4 Å². The lowest BCUT2D eigenvalue weighted by Crippen LogP contribution is -2.44. The maximum Gasteiger partial charge on any atom is 0.0748 e. The van der Waals surface area contributed by atoms with Crippen molar-refractivity contribution in [3.8, 4) is 61.6 Å². The van der Waals surface area contributed by atoms with Gasteiger partial charge in [0.25, 0.3) is 0 Å². The van der Waals surface area contributed by atoms with Crippen LogP contribution >= 0.6 is 0 Å². The van der Waals surface area contributed by atoms with Crippen LogP contribution in [-0.4, -0.2) is 13.7 Å². The van der Waals surface area contributed by atoms with E-state index >= 15 is 0 Å². The van der Waals surface area contributed by atoms with E-state index in [9.17, 15) is 0 Å². The Morgan fingerprint density at radius 2 is 0.467 bits per heavy atom. The molecular formula is C116H82N4. The Balaban J connectivity index is 0.000000136. The highest BCUT2D eigenvalue weighted by molar-refractivity contribution is 6.14. The SMILES string of the molecule is CC1(C)c2ccccc2C2(c3ccccc3-n3c4ccccc4c4cccc2c43)c2cccc(-c3ccc(-c4ccc(-n5c6ccccc6c6ccccc65)cc4)cc3)c21.CC1(C)c2ccccc2C2(c3ccccc3-n3c4ccccc4c4cccc2c43)c2cccc(-c3ccc(-c4ccc(N(c5ccccc5)c5ccccc5)cc4)cc3)c21. The molecule has 0 radical (unpaired) electrons. The van der Waals surface area contributed by atoms with Gasteiger partial charge in [-0.2, -0.15) is 0 Å². The molecule has 2 aliphatic heterocycles. The fourth-order valence-corrected chi connectivity index (χ4v) is 22.5. The first kappa shape index (κ1) is 69.5. The maximum atomic E-state index is 2.53. The van der Waals surface area contributed by atoms with E-state index < -0.39 is 10.8 Å². The molecule has 4 nitrogen and oxygen atoms in total. The summed E-state index contributed by atoms with van der Waals surface area (Å²) in [6.07, 6.45) is 0. The summed E-state index contributed by atoms with van der Waals surface area (Å²) in [4.78, 5) is 2.31.